The van der Waals surface area contributed by atoms with Crippen molar-refractivity contribution < 1.29 is 4.79 Å². The Hall–Kier alpha value is -1.49. The average Bonchev–Trinajstić information content (AvgIpc) is 2.78. The molecule has 20 heavy (non-hydrogen) atoms. The molecule has 5 heteroatoms. The molecule has 1 aromatic carbocycles. The van der Waals surface area contributed by atoms with E-state index in [9.17, 15) is 4.79 Å². The SMILES string of the molecule is CC(C)(C)SCC(=O)NCCc1nc2ccccc2[nH]1. The van der Waals surface area contributed by atoms with Crippen LogP contribution in [0.4, 0.5) is 0 Å². The molecule has 1 amide bonds. The Morgan fingerprint density at radius 1 is 1.35 bits per heavy atom. The van der Waals surface area contributed by atoms with Crippen molar-refractivity contribution in [1.29, 1.82) is 0 Å². The molecule has 0 aliphatic rings. The van der Waals surface area contributed by atoms with E-state index in [1.165, 1.54) is 0 Å². The van der Waals surface area contributed by atoms with E-state index in [4.69, 9.17) is 0 Å². The topological polar surface area (TPSA) is 57.8 Å². The van der Waals surface area contributed by atoms with Gasteiger partial charge in [0.2, 0.25) is 5.91 Å². The molecule has 0 bridgehead atoms. The van der Waals surface area contributed by atoms with Crippen molar-refractivity contribution in [3.63, 3.8) is 0 Å². The van der Waals surface area contributed by atoms with Crippen LogP contribution >= 0.6 is 11.8 Å². The highest BCUT2D eigenvalue weighted by atomic mass is 32.2. The van der Waals surface area contributed by atoms with Crippen LogP contribution in [0.25, 0.3) is 11.0 Å². The summed E-state index contributed by atoms with van der Waals surface area (Å²) in [6, 6.07) is 7.94. The second kappa shape index (κ2) is 6.31. The number of carbonyl (C=O) groups is 1. The van der Waals surface area contributed by atoms with Crippen molar-refractivity contribution in [3.8, 4) is 0 Å². The lowest BCUT2D eigenvalue weighted by Crippen LogP contribution is -2.29. The Bertz CT molecular complexity index is 553. The second-order valence-corrected chi connectivity index (χ2v) is 7.50. The molecule has 2 N–H and O–H groups in total. The third-order valence-electron chi connectivity index (χ3n) is 2.76. The van der Waals surface area contributed by atoms with Crippen LogP contribution in [0.2, 0.25) is 0 Å². The predicted octanol–water partition coefficient (Wildman–Crippen LogP) is 2.75. The Morgan fingerprint density at radius 3 is 2.80 bits per heavy atom. The molecule has 0 spiro atoms. The number of rotatable bonds is 5. The van der Waals surface area contributed by atoms with E-state index >= 15 is 0 Å². The number of aromatic nitrogens is 2. The monoisotopic (exact) mass is 291 g/mol. The minimum atomic E-state index is 0.0843. The van der Waals surface area contributed by atoms with Gasteiger partial charge in [0.05, 0.1) is 16.8 Å². The molecule has 0 atom stereocenters. The number of carbonyl (C=O) groups excluding carboxylic acids is 1. The Balaban J connectivity index is 1.76. The number of hydrogen-bond acceptors (Lipinski definition) is 3. The summed E-state index contributed by atoms with van der Waals surface area (Å²) in [5, 5.41) is 2.93. The summed E-state index contributed by atoms with van der Waals surface area (Å²) in [7, 11) is 0. The second-order valence-electron chi connectivity index (χ2n) is 5.70. The molecule has 0 saturated carbocycles. The van der Waals surface area contributed by atoms with Crippen molar-refractivity contribution >= 4 is 28.7 Å². The summed E-state index contributed by atoms with van der Waals surface area (Å²) in [5.41, 5.74) is 2.01. The molecule has 0 aliphatic carbocycles. The molecule has 0 unspecified atom stereocenters. The van der Waals surface area contributed by atoms with Crippen molar-refractivity contribution in [2.24, 2.45) is 0 Å². The third-order valence-corrected chi connectivity index (χ3v) is 4.03. The van der Waals surface area contributed by atoms with E-state index in [0.29, 0.717) is 12.3 Å². The molecule has 1 heterocycles. The highest BCUT2D eigenvalue weighted by Gasteiger charge is 2.13. The molecule has 2 aromatic rings. The molecule has 2 rings (SSSR count). The van der Waals surface area contributed by atoms with Gasteiger partial charge in [0.25, 0.3) is 0 Å². The number of benzene rings is 1. The lowest BCUT2D eigenvalue weighted by atomic mass is 10.3. The summed E-state index contributed by atoms with van der Waals surface area (Å²) in [6.07, 6.45) is 0.723. The number of aromatic amines is 1. The normalized spacial score (nSPS) is 11.8. The summed E-state index contributed by atoms with van der Waals surface area (Å²) in [6.45, 7) is 6.95. The quantitative estimate of drug-likeness (QED) is 0.890. The number of thioether (sulfide) groups is 1. The molecule has 108 valence electrons. The van der Waals surface area contributed by atoms with Gasteiger partial charge in [0, 0.05) is 17.7 Å². The number of amides is 1. The van der Waals surface area contributed by atoms with Crippen LogP contribution in [-0.4, -0.2) is 32.9 Å². The van der Waals surface area contributed by atoms with Gasteiger partial charge in [-0.2, -0.15) is 0 Å². The van der Waals surface area contributed by atoms with E-state index in [1.807, 2.05) is 24.3 Å². The number of nitrogens with one attached hydrogen (secondary N) is 2. The molecule has 0 radical (unpaired) electrons. The molecule has 0 aliphatic heterocycles. The maximum atomic E-state index is 11.7. The molecule has 0 saturated heterocycles. The minimum Gasteiger partial charge on any atom is -0.355 e. The van der Waals surface area contributed by atoms with Gasteiger partial charge in [-0.25, -0.2) is 4.98 Å². The number of H-pyrrole nitrogens is 1. The van der Waals surface area contributed by atoms with Crippen molar-refractivity contribution in [2.45, 2.75) is 31.9 Å². The van der Waals surface area contributed by atoms with E-state index in [1.54, 1.807) is 11.8 Å². The van der Waals surface area contributed by atoms with Crippen LogP contribution in [0.15, 0.2) is 24.3 Å². The van der Waals surface area contributed by atoms with Crippen LogP contribution in [-0.2, 0) is 11.2 Å². The van der Waals surface area contributed by atoms with Crippen LogP contribution in [0.3, 0.4) is 0 Å². The zero-order valence-corrected chi connectivity index (χ0v) is 13.0. The zero-order chi connectivity index (χ0) is 14.6. The standard InChI is InChI=1S/C15H21N3OS/c1-15(2,3)20-10-14(19)16-9-8-13-17-11-6-4-5-7-12(11)18-13/h4-7H,8-10H2,1-3H3,(H,16,19)(H,17,18). The van der Waals surface area contributed by atoms with Gasteiger partial charge in [-0.05, 0) is 12.1 Å². The molecular weight excluding hydrogens is 270 g/mol. The highest BCUT2D eigenvalue weighted by Crippen LogP contribution is 2.22. The first-order valence-electron chi connectivity index (χ1n) is 6.78. The van der Waals surface area contributed by atoms with Crippen LogP contribution in [0, 0.1) is 0 Å². The van der Waals surface area contributed by atoms with Gasteiger partial charge in [-0.1, -0.05) is 32.9 Å². The van der Waals surface area contributed by atoms with Gasteiger partial charge < -0.3 is 10.3 Å². The lowest BCUT2D eigenvalue weighted by molar-refractivity contribution is -0.118. The maximum Gasteiger partial charge on any atom is 0.230 e. The summed E-state index contributed by atoms with van der Waals surface area (Å²) in [5.74, 6) is 1.50. The minimum absolute atomic E-state index is 0.0843. The van der Waals surface area contributed by atoms with Gasteiger partial charge >= 0.3 is 0 Å². The predicted molar refractivity (Wildman–Crippen MR) is 85.0 cm³/mol. The summed E-state index contributed by atoms with van der Waals surface area (Å²) in [4.78, 5) is 19.4. The van der Waals surface area contributed by atoms with Gasteiger partial charge in [0.15, 0.2) is 0 Å². The first-order chi connectivity index (χ1) is 9.44. The first-order valence-corrected chi connectivity index (χ1v) is 7.77. The average molecular weight is 291 g/mol. The fourth-order valence-corrected chi connectivity index (χ4v) is 2.44. The highest BCUT2D eigenvalue weighted by molar-refractivity contribution is 8.01. The summed E-state index contributed by atoms with van der Waals surface area (Å²) < 4.78 is 0.121. The largest absolute Gasteiger partial charge is 0.355 e. The molecule has 0 fully saturated rings. The van der Waals surface area contributed by atoms with E-state index in [-0.39, 0.29) is 10.7 Å². The Labute approximate surface area is 123 Å². The number of nitrogens with zero attached hydrogens (tertiary/aromatic N) is 1. The van der Waals surface area contributed by atoms with Crippen LogP contribution in [0.1, 0.15) is 26.6 Å². The smallest absolute Gasteiger partial charge is 0.230 e. The Morgan fingerprint density at radius 2 is 2.10 bits per heavy atom. The molecule has 4 nitrogen and oxygen atoms in total. The van der Waals surface area contributed by atoms with E-state index in [2.05, 4.69) is 36.1 Å². The number of para-hydroxylation sites is 2. The third kappa shape index (κ3) is 4.56. The number of fused-ring (bicyclic) bond motifs is 1. The molecular formula is C15H21N3OS. The number of imidazole rings is 1. The van der Waals surface area contributed by atoms with E-state index < -0.39 is 0 Å². The maximum absolute atomic E-state index is 11.7. The molecule has 1 aromatic heterocycles. The summed E-state index contributed by atoms with van der Waals surface area (Å²) >= 11 is 1.66. The van der Waals surface area contributed by atoms with Crippen LogP contribution in [0.5, 0.6) is 0 Å². The van der Waals surface area contributed by atoms with Crippen LogP contribution < -0.4 is 5.32 Å². The van der Waals surface area contributed by atoms with Gasteiger partial charge in [-0.3, -0.25) is 4.79 Å². The van der Waals surface area contributed by atoms with Crippen molar-refractivity contribution in [1.82, 2.24) is 15.3 Å². The first kappa shape index (κ1) is 14.9. The zero-order valence-electron chi connectivity index (χ0n) is 12.2. The Kier molecular flexibility index (Phi) is 4.70. The van der Waals surface area contributed by atoms with Gasteiger partial charge in [-0.15, -0.1) is 11.8 Å². The van der Waals surface area contributed by atoms with E-state index in [0.717, 1.165) is 23.3 Å². The van der Waals surface area contributed by atoms with Gasteiger partial charge in [0.1, 0.15) is 5.82 Å². The van der Waals surface area contributed by atoms with Crippen molar-refractivity contribution in [3.05, 3.63) is 30.1 Å². The van der Waals surface area contributed by atoms with Crippen molar-refractivity contribution in [2.75, 3.05) is 12.3 Å². The lowest BCUT2D eigenvalue weighted by Gasteiger charge is -2.16. The fraction of sp³-hybridized carbons (Fsp3) is 0.467. The fourth-order valence-electron chi connectivity index (χ4n) is 1.78. The number of hydrogen-bond donors (Lipinski definition) is 2.